The number of benzene rings is 2. The molecule has 0 radical (unpaired) electrons. The lowest BCUT2D eigenvalue weighted by atomic mass is 10.2. The molecule has 3 rings (SSSR count). The molecule has 1 N–H and O–H groups in total. The number of alkyl halides is 3. The van der Waals surface area contributed by atoms with E-state index in [0.29, 0.717) is 23.2 Å². The van der Waals surface area contributed by atoms with Crippen LogP contribution in [0, 0.1) is 0 Å². The highest BCUT2D eigenvalue weighted by Crippen LogP contribution is 2.35. The first-order chi connectivity index (χ1) is 12.6. The van der Waals surface area contributed by atoms with Crippen molar-refractivity contribution in [2.24, 2.45) is 0 Å². The number of rotatable bonds is 5. The Labute approximate surface area is 153 Å². The Bertz CT molecular complexity index is 1080. The summed E-state index contributed by atoms with van der Waals surface area (Å²) in [5.41, 5.74) is -0.0724. The van der Waals surface area contributed by atoms with Crippen molar-refractivity contribution in [3.05, 3.63) is 53.7 Å². The van der Waals surface area contributed by atoms with Crippen molar-refractivity contribution in [1.82, 2.24) is 10.1 Å². The molecule has 0 fully saturated rings. The van der Waals surface area contributed by atoms with Crippen LogP contribution in [0.15, 0.2) is 51.9 Å². The number of fused-ring (bicyclic) bond motifs is 1. The van der Waals surface area contributed by atoms with Crippen LogP contribution in [-0.2, 0) is 22.7 Å². The summed E-state index contributed by atoms with van der Waals surface area (Å²) in [6, 6.07) is 8.42. The van der Waals surface area contributed by atoms with Gasteiger partial charge in [-0.3, -0.25) is 4.72 Å². The summed E-state index contributed by atoms with van der Waals surface area (Å²) in [6.07, 6.45) is -4.79. The molecule has 10 heteroatoms. The molecule has 0 aliphatic rings. The van der Waals surface area contributed by atoms with E-state index in [1.54, 1.807) is 0 Å². The predicted octanol–water partition coefficient (Wildman–Crippen LogP) is 3.71. The molecule has 1 aromatic heterocycles. The van der Waals surface area contributed by atoms with Crippen LogP contribution in [0.4, 0.5) is 18.9 Å². The quantitative estimate of drug-likeness (QED) is 0.708. The van der Waals surface area contributed by atoms with Crippen LogP contribution in [0.1, 0.15) is 11.3 Å². The minimum atomic E-state index is -4.79. The van der Waals surface area contributed by atoms with Crippen LogP contribution in [-0.4, -0.2) is 32.6 Å². The summed E-state index contributed by atoms with van der Waals surface area (Å²) in [4.78, 5) is 1.02. The zero-order valence-corrected chi connectivity index (χ0v) is 15.2. The number of hydrogen-bond donors (Lipinski definition) is 1. The molecule has 0 amide bonds. The van der Waals surface area contributed by atoms with Crippen molar-refractivity contribution in [1.29, 1.82) is 0 Å². The predicted molar refractivity (Wildman–Crippen MR) is 93.7 cm³/mol. The van der Waals surface area contributed by atoms with Gasteiger partial charge in [-0.05, 0) is 44.4 Å². The van der Waals surface area contributed by atoms with Gasteiger partial charge in [-0.2, -0.15) is 13.2 Å². The molecular weight excluding hydrogens is 383 g/mol. The van der Waals surface area contributed by atoms with E-state index in [1.807, 2.05) is 19.0 Å². The van der Waals surface area contributed by atoms with Crippen LogP contribution in [0.5, 0.6) is 0 Å². The second-order valence-electron chi connectivity index (χ2n) is 6.18. The Hall–Kier alpha value is -2.59. The molecule has 0 saturated carbocycles. The Morgan fingerprint density at radius 1 is 1.15 bits per heavy atom. The minimum absolute atomic E-state index is 0.114. The normalized spacial score (nSPS) is 12.7. The van der Waals surface area contributed by atoms with Gasteiger partial charge in [0.25, 0.3) is 10.0 Å². The fraction of sp³-hybridized carbons (Fsp3) is 0.235. The third kappa shape index (κ3) is 4.06. The highest BCUT2D eigenvalue weighted by Gasteiger charge is 2.36. The number of hydrogen-bond acceptors (Lipinski definition) is 5. The van der Waals surface area contributed by atoms with Gasteiger partial charge in [0.2, 0.25) is 0 Å². The molecule has 0 aliphatic carbocycles. The first-order valence-electron chi connectivity index (χ1n) is 7.80. The minimum Gasteiger partial charge on any atom is -0.356 e. The fourth-order valence-corrected chi connectivity index (χ4v) is 3.89. The lowest BCUT2D eigenvalue weighted by Crippen LogP contribution is -2.18. The van der Waals surface area contributed by atoms with Crippen molar-refractivity contribution < 1.29 is 26.1 Å². The standard InChI is InChI=1S/C17H16F3N3O3S/c1-23(2)10-14-12-9-11(7-8-15(12)26-21-14)22-27(24,25)16-6-4-3-5-13(16)17(18,19)20/h3-9,22H,10H2,1-2H3. The number of aromatic nitrogens is 1. The van der Waals surface area contributed by atoms with E-state index in [1.165, 1.54) is 24.3 Å². The number of halogens is 3. The van der Waals surface area contributed by atoms with E-state index < -0.39 is 26.7 Å². The first kappa shape index (κ1) is 19.2. The van der Waals surface area contributed by atoms with E-state index in [9.17, 15) is 21.6 Å². The lowest BCUT2D eigenvalue weighted by Gasteiger charge is -2.14. The first-order valence-corrected chi connectivity index (χ1v) is 9.28. The molecule has 0 saturated heterocycles. The van der Waals surface area contributed by atoms with Crippen molar-refractivity contribution >= 4 is 26.7 Å². The fourth-order valence-electron chi connectivity index (χ4n) is 2.61. The molecule has 0 bridgehead atoms. The number of nitrogens with zero attached hydrogens (tertiary/aromatic N) is 2. The SMILES string of the molecule is CN(C)Cc1noc2ccc(NS(=O)(=O)c3ccccc3C(F)(F)F)cc12. The maximum atomic E-state index is 13.1. The largest absolute Gasteiger partial charge is 0.417 e. The Kier molecular flexibility index (Phi) is 4.87. The topological polar surface area (TPSA) is 75.4 Å². The molecule has 0 aliphatic heterocycles. The number of nitrogens with one attached hydrogen (secondary N) is 1. The van der Waals surface area contributed by atoms with Crippen molar-refractivity contribution in [2.75, 3.05) is 18.8 Å². The number of anilines is 1. The summed E-state index contributed by atoms with van der Waals surface area (Å²) in [5, 5.41) is 4.51. The number of sulfonamides is 1. The summed E-state index contributed by atoms with van der Waals surface area (Å²) in [7, 11) is -0.777. The van der Waals surface area contributed by atoms with Gasteiger partial charge in [0.05, 0.1) is 10.5 Å². The molecule has 1 heterocycles. The highest BCUT2D eigenvalue weighted by molar-refractivity contribution is 7.92. The van der Waals surface area contributed by atoms with Crippen LogP contribution in [0.25, 0.3) is 11.0 Å². The maximum absolute atomic E-state index is 13.1. The molecule has 0 unspecified atom stereocenters. The third-order valence-corrected chi connectivity index (χ3v) is 5.18. The highest BCUT2D eigenvalue weighted by atomic mass is 32.2. The maximum Gasteiger partial charge on any atom is 0.417 e. The van der Waals surface area contributed by atoms with E-state index >= 15 is 0 Å². The average Bonchev–Trinajstić information content (AvgIpc) is 2.95. The Morgan fingerprint density at radius 3 is 2.52 bits per heavy atom. The Balaban J connectivity index is 2.00. The zero-order chi connectivity index (χ0) is 19.8. The van der Waals surface area contributed by atoms with Crippen molar-refractivity contribution in [3.8, 4) is 0 Å². The third-order valence-electron chi connectivity index (χ3n) is 3.74. The van der Waals surface area contributed by atoms with Crippen LogP contribution in [0.2, 0.25) is 0 Å². The van der Waals surface area contributed by atoms with Crippen molar-refractivity contribution in [3.63, 3.8) is 0 Å². The van der Waals surface area contributed by atoms with Gasteiger partial charge in [0.15, 0.2) is 5.58 Å². The van der Waals surface area contributed by atoms with E-state index in [4.69, 9.17) is 4.52 Å². The van der Waals surface area contributed by atoms with Crippen LogP contribution in [0.3, 0.4) is 0 Å². The van der Waals surface area contributed by atoms with Gasteiger partial charge >= 0.3 is 6.18 Å². The van der Waals surface area contributed by atoms with E-state index in [0.717, 1.165) is 18.2 Å². The monoisotopic (exact) mass is 399 g/mol. The zero-order valence-electron chi connectivity index (χ0n) is 14.4. The molecule has 0 atom stereocenters. The van der Waals surface area contributed by atoms with Gasteiger partial charge in [0.1, 0.15) is 5.69 Å². The lowest BCUT2D eigenvalue weighted by molar-refractivity contribution is -0.139. The van der Waals surface area contributed by atoms with Crippen LogP contribution >= 0.6 is 0 Å². The molecule has 27 heavy (non-hydrogen) atoms. The van der Waals surface area contributed by atoms with Crippen molar-refractivity contribution in [2.45, 2.75) is 17.6 Å². The second-order valence-corrected chi connectivity index (χ2v) is 7.83. The summed E-state index contributed by atoms with van der Waals surface area (Å²) >= 11 is 0. The molecular formula is C17H16F3N3O3S. The molecule has 6 nitrogen and oxygen atoms in total. The van der Waals surface area contributed by atoms with Gasteiger partial charge in [-0.1, -0.05) is 17.3 Å². The molecule has 2 aromatic carbocycles. The molecule has 0 spiro atoms. The second kappa shape index (κ2) is 6.86. The summed E-state index contributed by atoms with van der Waals surface area (Å²) in [6.45, 7) is 0.458. The van der Waals surface area contributed by atoms with Gasteiger partial charge in [-0.15, -0.1) is 0 Å². The molecule has 3 aromatic rings. The molecule has 144 valence electrons. The smallest absolute Gasteiger partial charge is 0.356 e. The van der Waals surface area contributed by atoms with Crippen LogP contribution < -0.4 is 4.72 Å². The van der Waals surface area contributed by atoms with Gasteiger partial charge in [0, 0.05) is 17.6 Å². The van der Waals surface area contributed by atoms with E-state index in [-0.39, 0.29) is 5.69 Å². The average molecular weight is 399 g/mol. The Morgan fingerprint density at radius 2 is 1.85 bits per heavy atom. The summed E-state index contributed by atoms with van der Waals surface area (Å²) in [5.74, 6) is 0. The van der Waals surface area contributed by atoms with Gasteiger partial charge in [-0.25, -0.2) is 8.42 Å². The van der Waals surface area contributed by atoms with Gasteiger partial charge < -0.3 is 9.42 Å². The summed E-state index contributed by atoms with van der Waals surface area (Å²) < 4.78 is 71.9. The van der Waals surface area contributed by atoms with E-state index in [2.05, 4.69) is 9.88 Å².